The van der Waals surface area contributed by atoms with E-state index in [0.29, 0.717) is 11.8 Å². The van der Waals surface area contributed by atoms with Crippen LogP contribution in [-0.2, 0) is 11.8 Å². The molecule has 8 rings (SSSR count). The van der Waals surface area contributed by atoms with Crippen molar-refractivity contribution in [1.82, 2.24) is 0 Å². The summed E-state index contributed by atoms with van der Waals surface area (Å²) in [5.74, 6) is 1.05. The van der Waals surface area contributed by atoms with Crippen molar-refractivity contribution in [3.63, 3.8) is 0 Å². The molecule has 0 saturated heterocycles. The summed E-state index contributed by atoms with van der Waals surface area (Å²) < 4.78 is 0. The zero-order valence-corrected chi connectivity index (χ0v) is 29.1. The maximum absolute atomic E-state index is 2.42. The number of anilines is 6. The van der Waals surface area contributed by atoms with Crippen LogP contribution in [0.3, 0.4) is 0 Å². The summed E-state index contributed by atoms with van der Waals surface area (Å²) in [7, 11) is 0. The first-order valence-corrected chi connectivity index (χ1v) is 17.4. The van der Waals surface area contributed by atoms with Crippen molar-refractivity contribution in [3.05, 3.63) is 179 Å². The molecule has 0 atom stereocenters. The number of nitrogens with zero attached hydrogens (tertiary/aromatic N) is 2. The smallest absolute Gasteiger partial charge is 0.0505 e. The predicted octanol–water partition coefficient (Wildman–Crippen LogP) is 13.1. The second kappa shape index (κ2) is 12.8. The van der Waals surface area contributed by atoms with E-state index < -0.39 is 0 Å². The maximum Gasteiger partial charge on any atom is 0.0505 e. The van der Waals surface area contributed by atoms with Crippen LogP contribution in [0, 0.1) is 0 Å². The minimum atomic E-state index is -0.00723. The molecule has 0 bridgehead atoms. The molecule has 48 heavy (non-hydrogen) atoms. The summed E-state index contributed by atoms with van der Waals surface area (Å²) in [6, 6.07) is 52.9. The highest BCUT2D eigenvalue weighted by atomic mass is 15.2. The van der Waals surface area contributed by atoms with Gasteiger partial charge >= 0.3 is 0 Å². The molecule has 2 nitrogen and oxygen atoms in total. The van der Waals surface area contributed by atoms with Crippen molar-refractivity contribution in [2.75, 3.05) is 9.80 Å². The lowest BCUT2D eigenvalue weighted by Gasteiger charge is -2.42. The fourth-order valence-electron chi connectivity index (χ4n) is 7.31. The highest BCUT2D eigenvalue weighted by molar-refractivity contribution is 5.86. The lowest BCUT2D eigenvalue weighted by molar-refractivity contribution is 0.631. The third kappa shape index (κ3) is 5.70. The van der Waals surface area contributed by atoms with Gasteiger partial charge in [-0.2, -0.15) is 0 Å². The van der Waals surface area contributed by atoms with Crippen LogP contribution in [0.25, 0.3) is 0 Å². The first-order chi connectivity index (χ1) is 23.2. The molecule has 0 saturated carbocycles. The minimum Gasteiger partial charge on any atom is -0.310 e. The molecule has 0 amide bonds. The van der Waals surface area contributed by atoms with Gasteiger partial charge in [-0.25, -0.2) is 0 Å². The molecule has 2 heterocycles. The van der Waals surface area contributed by atoms with E-state index in [1.165, 1.54) is 67.5 Å². The topological polar surface area (TPSA) is 6.48 Å². The molecule has 2 heteroatoms. The summed E-state index contributed by atoms with van der Waals surface area (Å²) in [5.41, 5.74) is 16.0. The Morgan fingerprint density at radius 3 is 1.52 bits per heavy atom. The maximum atomic E-state index is 2.42. The van der Waals surface area contributed by atoms with E-state index in [1.807, 2.05) is 0 Å². The van der Waals surface area contributed by atoms with Crippen molar-refractivity contribution in [1.29, 1.82) is 0 Å². The summed E-state index contributed by atoms with van der Waals surface area (Å²) in [4.78, 5) is 4.82. The molecule has 6 aromatic carbocycles. The van der Waals surface area contributed by atoms with Gasteiger partial charge in [0.2, 0.25) is 0 Å². The number of hydrogen-bond acceptors (Lipinski definition) is 2. The molecule has 0 unspecified atom stereocenters. The quantitative estimate of drug-likeness (QED) is 0.192. The molecule has 2 aliphatic rings. The Balaban J connectivity index is 0.000000152. The summed E-state index contributed by atoms with van der Waals surface area (Å²) in [6.45, 7) is 13.7. The lowest BCUT2D eigenvalue weighted by Crippen LogP contribution is -2.30. The molecule has 2 aliphatic heterocycles. The molecule has 0 aliphatic carbocycles. The third-order valence-corrected chi connectivity index (χ3v) is 10.1. The zero-order valence-electron chi connectivity index (χ0n) is 29.1. The van der Waals surface area contributed by atoms with Gasteiger partial charge in [0, 0.05) is 34.6 Å². The monoisotopic (exact) mass is 626 g/mol. The van der Waals surface area contributed by atoms with E-state index in [0.717, 1.165) is 6.42 Å². The number of para-hydroxylation sites is 4. The normalized spacial score (nSPS) is 14.0. The highest BCUT2D eigenvalue weighted by Gasteiger charge is 2.36. The Hall–Kier alpha value is -5.08. The molecular formula is C46H46N2. The van der Waals surface area contributed by atoms with Gasteiger partial charge in [-0.15, -0.1) is 0 Å². The van der Waals surface area contributed by atoms with Crippen molar-refractivity contribution >= 4 is 34.1 Å². The van der Waals surface area contributed by atoms with Crippen LogP contribution in [0.4, 0.5) is 34.1 Å². The Labute approximate surface area is 287 Å². The highest BCUT2D eigenvalue weighted by Crippen LogP contribution is 2.52. The Morgan fingerprint density at radius 2 is 0.896 bits per heavy atom. The Morgan fingerprint density at radius 1 is 0.438 bits per heavy atom. The van der Waals surface area contributed by atoms with Crippen LogP contribution < -0.4 is 9.80 Å². The van der Waals surface area contributed by atoms with E-state index in [-0.39, 0.29) is 5.41 Å². The molecule has 0 fully saturated rings. The summed E-state index contributed by atoms with van der Waals surface area (Å²) in [5, 5.41) is 0. The van der Waals surface area contributed by atoms with Gasteiger partial charge in [-0.05, 0) is 93.7 Å². The molecule has 0 aromatic heterocycles. The van der Waals surface area contributed by atoms with Crippen LogP contribution in [-0.4, -0.2) is 0 Å². The van der Waals surface area contributed by atoms with Gasteiger partial charge in [0.05, 0.1) is 11.4 Å². The summed E-state index contributed by atoms with van der Waals surface area (Å²) in [6.07, 6.45) is 1.01. The first kappa shape index (κ1) is 31.5. The molecule has 0 radical (unpaired) electrons. The minimum absolute atomic E-state index is 0.00723. The predicted molar refractivity (Wildman–Crippen MR) is 205 cm³/mol. The van der Waals surface area contributed by atoms with E-state index >= 15 is 0 Å². The lowest BCUT2D eigenvalue weighted by atomic mass is 9.73. The van der Waals surface area contributed by atoms with Gasteiger partial charge in [0.25, 0.3) is 0 Å². The van der Waals surface area contributed by atoms with Crippen molar-refractivity contribution in [3.8, 4) is 0 Å². The van der Waals surface area contributed by atoms with Crippen molar-refractivity contribution < 1.29 is 0 Å². The Bertz CT molecular complexity index is 2040. The van der Waals surface area contributed by atoms with Crippen LogP contribution >= 0.6 is 0 Å². The number of benzene rings is 6. The van der Waals surface area contributed by atoms with E-state index in [2.05, 4.69) is 197 Å². The van der Waals surface area contributed by atoms with Crippen LogP contribution in [0.5, 0.6) is 0 Å². The van der Waals surface area contributed by atoms with Crippen LogP contribution in [0.1, 0.15) is 86.8 Å². The van der Waals surface area contributed by atoms with Gasteiger partial charge in [-0.3, -0.25) is 0 Å². The number of fused-ring (bicyclic) bond motifs is 4. The summed E-state index contributed by atoms with van der Waals surface area (Å²) >= 11 is 0. The average Bonchev–Trinajstić information content (AvgIpc) is 3.11. The van der Waals surface area contributed by atoms with E-state index in [4.69, 9.17) is 0 Å². The van der Waals surface area contributed by atoms with Gasteiger partial charge in [0.15, 0.2) is 0 Å². The molecule has 0 spiro atoms. The zero-order chi connectivity index (χ0) is 33.4. The fraction of sp³-hybridized carbons (Fsp3) is 0.217. The van der Waals surface area contributed by atoms with Crippen molar-refractivity contribution in [2.24, 2.45) is 0 Å². The SMILES string of the molecule is CC(C)c1ccc2c(c1)N(c1ccccc1)c1ccccc1C2.CC(C)c1ccc2c(c1)N(c1ccccc1)c1ccccc1C2(C)C. The third-order valence-electron chi connectivity index (χ3n) is 10.1. The van der Waals surface area contributed by atoms with Gasteiger partial charge in [0.1, 0.15) is 0 Å². The second-order valence-electron chi connectivity index (χ2n) is 14.3. The van der Waals surface area contributed by atoms with Gasteiger partial charge in [-0.1, -0.05) is 139 Å². The average molecular weight is 627 g/mol. The number of hydrogen-bond donors (Lipinski definition) is 0. The fourth-order valence-corrected chi connectivity index (χ4v) is 7.31. The standard InChI is InChI=1S/C24H25N.C22H21N/c1-17(2)18-14-15-21-23(16-18)25(19-10-6-5-7-11-19)22-13-9-8-12-20(22)24(21,3)4;1-16(2)17-12-13-19-14-18-8-6-7-11-21(18)23(22(19)15-17)20-9-4-3-5-10-20/h5-17H,1-4H3;3-13,15-16H,14H2,1-2H3. The van der Waals surface area contributed by atoms with E-state index in [1.54, 1.807) is 0 Å². The molecule has 6 aromatic rings. The van der Waals surface area contributed by atoms with Crippen molar-refractivity contribution in [2.45, 2.75) is 65.2 Å². The van der Waals surface area contributed by atoms with Crippen LogP contribution in [0.2, 0.25) is 0 Å². The second-order valence-corrected chi connectivity index (χ2v) is 14.3. The largest absolute Gasteiger partial charge is 0.310 e. The van der Waals surface area contributed by atoms with E-state index in [9.17, 15) is 0 Å². The van der Waals surface area contributed by atoms with Crippen LogP contribution in [0.15, 0.2) is 146 Å². The number of rotatable bonds is 4. The van der Waals surface area contributed by atoms with Gasteiger partial charge < -0.3 is 9.80 Å². The molecule has 0 N–H and O–H groups in total. The molecule has 240 valence electrons. The Kier molecular flexibility index (Phi) is 8.43. The first-order valence-electron chi connectivity index (χ1n) is 17.4. The molecular weight excluding hydrogens is 581 g/mol.